The molecule has 28 heavy (non-hydrogen) atoms. The lowest BCUT2D eigenvalue weighted by atomic mass is 10.1. The van der Waals surface area contributed by atoms with E-state index in [-0.39, 0.29) is 17.8 Å². The fourth-order valence-corrected chi connectivity index (χ4v) is 3.61. The highest BCUT2D eigenvalue weighted by Crippen LogP contribution is 2.20. The average Bonchev–Trinajstić information content (AvgIpc) is 3.30. The number of amides is 1. The maximum absolute atomic E-state index is 13.9. The lowest BCUT2D eigenvalue weighted by molar-refractivity contribution is -0.117. The smallest absolute Gasteiger partial charge is 0.242 e. The van der Waals surface area contributed by atoms with Gasteiger partial charge in [0.15, 0.2) is 0 Å². The molecule has 0 spiro atoms. The van der Waals surface area contributed by atoms with Gasteiger partial charge in [0, 0.05) is 18.2 Å². The molecule has 0 bridgehead atoms. The molecule has 2 atom stereocenters. The number of rotatable bonds is 6. The van der Waals surface area contributed by atoms with Crippen LogP contribution in [0.2, 0.25) is 0 Å². The maximum atomic E-state index is 13.9. The van der Waals surface area contributed by atoms with Gasteiger partial charge in [-0.25, -0.2) is 14.8 Å². The molecule has 4 N–H and O–H groups in total. The number of nitrogens with zero attached hydrogens (tertiary/aromatic N) is 1. The molecular weight excluding hydrogens is 357 g/mol. The quantitative estimate of drug-likeness (QED) is 0.528. The van der Waals surface area contributed by atoms with Gasteiger partial charge in [-0.3, -0.25) is 10.2 Å². The summed E-state index contributed by atoms with van der Waals surface area (Å²) in [5.74, 6) is 0.388. The minimum atomic E-state index is -0.245. The Hall–Kier alpha value is -2.77. The molecule has 1 aliphatic rings. The van der Waals surface area contributed by atoms with Crippen LogP contribution < -0.4 is 16.2 Å². The highest BCUT2D eigenvalue weighted by Gasteiger charge is 2.28. The number of aromatic nitrogens is 2. The summed E-state index contributed by atoms with van der Waals surface area (Å²) in [7, 11) is 0. The maximum Gasteiger partial charge on any atom is 0.242 e. The van der Waals surface area contributed by atoms with Crippen molar-refractivity contribution in [2.45, 2.75) is 44.7 Å². The van der Waals surface area contributed by atoms with Gasteiger partial charge in [-0.05, 0) is 42.7 Å². The van der Waals surface area contributed by atoms with E-state index in [0.29, 0.717) is 29.5 Å². The lowest BCUT2D eigenvalue weighted by Crippen LogP contribution is -2.40. The molecule has 2 heterocycles. The first-order valence-electron chi connectivity index (χ1n) is 9.66. The van der Waals surface area contributed by atoms with Crippen LogP contribution in [0, 0.1) is 5.82 Å². The molecule has 3 aromatic rings. The summed E-state index contributed by atoms with van der Waals surface area (Å²) in [6.45, 7) is 2.13. The molecule has 1 fully saturated rings. The third-order valence-corrected chi connectivity index (χ3v) is 5.05. The van der Waals surface area contributed by atoms with Crippen molar-refractivity contribution in [3.8, 4) is 0 Å². The van der Waals surface area contributed by atoms with Crippen molar-refractivity contribution in [3.05, 3.63) is 59.7 Å². The third kappa shape index (κ3) is 4.05. The highest BCUT2D eigenvalue weighted by atomic mass is 19.1. The minimum Gasteiger partial charge on any atom is -0.342 e. The Morgan fingerprint density at radius 1 is 1.25 bits per heavy atom. The second kappa shape index (κ2) is 8.08. The second-order valence-corrected chi connectivity index (χ2v) is 7.24. The van der Waals surface area contributed by atoms with Gasteiger partial charge < -0.3 is 10.3 Å². The van der Waals surface area contributed by atoms with Crippen LogP contribution >= 0.6 is 0 Å². The molecule has 0 aliphatic carbocycles. The molecule has 1 saturated heterocycles. The molecule has 0 saturated carbocycles. The number of hydrogen-bond acceptors (Lipinski definition) is 4. The lowest BCUT2D eigenvalue weighted by Gasteiger charge is -2.10. The van der Waals surface area contributed by atoms with E-state index in [1.807, 2.05) is 24.3 Å². The van der Waals surface area contributed by atoms with Crippen molar-refractivity contribution >= 4 is 22.6 Å². The molecule has 6 nitrogen and oxygen atoms in total. The first-order chi connectivity index (χ1) is 13.6. The summed E-state index contributed by atoms with van der Waals surface area (Å²) in [4.78, 5) is 20.2. The minimum absolute atomic E-state index is 0.0588. The monoisotopic (exact) mass is 381 g/mol. The Bertz CT molecular complexity index is 986. The molecular formula is C21H24FN5O. The van der Waals surface area contributed by atoms with Gasteiger partial charge >= 0.3 is 0 Å². The van der Waals surface area contributed by atoms with E-state index in [1.54, 1.807) is 12.1 Å². The van der Waals surface area contributed by atoms with E-state index in [2.05, 4.69) is 33.1 Å². The summed E-state index contributed by atoms with van der Waals surface area (Å²) >= 11 is 0. The zero-order valence-corrected chi connectivity index (χ0v) is 15.8. The topological polar surface area (TPSA) is 81.8 Å². The van der Waals surface area contributed by atoms with Gasteiger partial charge in [-0.2, -0.15) is 0 Å². The van der Waals surface area contributed by atoms with E-state index < -0.39 is 0 Å². The van der Waals surface area contributed by atoms with Crippen LogP contribution in [0.1, 0.15) is 37.6 Å². The van der Waals surface area contributed by atoms with Crippen molar-refractivity contribution in [3.63, 3.8) is 0 Å². The predicted octanol–water partition coefficient (Wildman–Crippen LogP) is 3.27. The molecule has 0 radical (unpaired) electrons. The number of hydrazine groups is 1. The Morgan fingerprint density at radius 3 is 2.93 bits per heavy atom. The number of aromatic amines is 1. The predicted molar refractivity (Wildman–Crippen MR) is 107 cm³/mol. The van der Waals surface area contributed by atoms with Crippen molar-refractivity contribution in [1.29, 1.82) is 0 Å². The van der Waals surface area contributed by atoms with Crippen LogP contribution in [-0.4, -0.2) is 28.0 Å². The molecule has 7 heteroatoms. The van der Waals surface area contributed by atoms with Crippen LogP contribution in [0.5, 0.6) is 0 Å². The van der Waals surface area contributed by atoms with E-state index in [9.17, 15) is 9.18 Å². The van der Waals surface area contributed by atoms with Gasteiger partial charge in [0.05, 0.1) is 11.0 Å². The fourth-order valence-electron chi connectivity index (χ4n) is 3.61. The SMILES string of the molecule is CCCC1CC(C(=O)Nc2ccc3nc(Cc4ccccc4F)[nH]c3c2)NN1. The molecule has 2 unspecified atom stereocenters. The Kier molecular flexibility index (Phi) is 5.36. The molecule has 4 rings (SSSR count). The number of halogens is 1. The number of carbonyl (C=O) groups is 1. The number of benzene rings is 2. The van der Waals surface area contributed by atoms with Crippen molar-refractivity contribution < 1.29 is 9.18 Å². The van der Waals surface area contributed by atoms with E-state index >= 15 is 0 Å². The number of carbonyl (C=O) groups excluding carboxylic acids is 1. The van der Waals surface area contributed by atoms with E-state index in [4.69, 9.17) is 0 Å². The fraction of sp³-hybridized carbons (Fsp3) is 0.333. The number of hydrogen-bond donors (Lipinski definition) is 4. The van der Waals surface area contributed by atoms with Crippen LogP contribution in [0.25, 0.3) is 11.0 Å². The molecule has 1 aliphatic heterocycles. The van der Waals surface area contributed by atoms with Crippen LogP contribution in [0.4, 0.5) is 10.1 Å². The Labute approximate surface area is 162 Å². The van der Waals surface area contributed by atoms with Crippen molar-refractivity contribution in [2.24, 2.45) is 0 Å². The van der Waals surface area contributed by atoms with Gasteiger partial charge in [0.25, 0.3) is 0 Å². The summed E-state index contributed by atoms with van der Waals surface area (Å²) in [5.41, 5.74) is 9.14. The first kappa shape index (κ1) is 18.6. The molecule has 1 amide bonds. The summed E-state index contributed by atoms with van der Waals surface area (Å²) in [6.07, 6.45) is 3.29. The van der Waals surface area contributed by atoms with Gasteiger partial charge in [-0.15, -0.1) is 0 Å². The van der Waals surface area contributed by atoms with E-state index in [1.165, 1.54) is 6.07 Å². The highest BCUT2D eigenvalue weighted by molar-refractivity contribution is 5.96. The largest absolute Gasteiger partial charge is 0.342 e. The molecule has 2 aromatic carbocycles. The van der Waals surface area contributed by atoms with Gasteiger partial charge in [0.1, 0.15) is 17.7 Å². The summed E-state index contributed by atoms with van der Waals surface area (Å²) in [5, 5.41) is 2.96. The molecule has 1 aromatic heterocycles. The number of nitrogens with one attached hydrogen (secondary N) is 4. The normalized spacial score (nSPS) is 19.2. The van der Waals surface area contributed by atoms with Crippen LogP contribution in [0.3, 0.4) is 0 Å². The average molecular weight is 381 g/mol. The van der Waals surface area contributed by atoms with Crippen molar-refractivity contribution in [1.82, 2.24) is 20.8 Å². The molecule has 146 valence electrons. The van der Waals surface area contributed by atoms with Crippen LogP contribution in [-0.2, 0) is 11.2 Å². The van der Waals surface area contributed by atoms with Crippen molar-refractivity contribution in [2.75, 3.05) is 5.32 Å². The zero-order valence-electron chi connectivity index (χ0n) is 15.8. The Balaban J connectivity index is 1.45. The Morgan fingerprint density at radius 2 is 2.11 bits per heavy atom. The van der Waals surface area contributed by atoms with Crippen LogP contribution in [0.15, 0.2) is 42.5 Å². The summed E-state index contributed by atoms with van der Waals surface area (Å²) < 4.78 is 13.9. The standard InChI is InChI=1S/C21H24FN5O/c1-2-5-15-12-19(27-26-15)21(28)23-14-8-9-17-18(11-14)25-20(24-17)10-13-6-3-4-7-16(13)22/h3-4,6-9,11,15,19,26-27H,2,5,10,12H2,1H3,(H,23,28)(H,24,25). The first-order valence-corrected chi connectivity index (χ1v) is 9.66. The number of imidazole rings is 1. The van der Waals surface area contributed by atoms with Gasteiger partial charge in [0.2, 0.25) is 5.91 Å². The number of fused-ring (bicyclic) bond motifs is 1. The number of anilines is 1. The zero-order chi connectivity index (χ0) is 19.5. The number of H-pyrrole nitrogens is 1. The summed E-state index contributed by atoms with van der Waals surface area (Å²) in [6, 6.07) is 12.3. The van der Waals surface area contributed by atoms with E-state index in [0.717, 1.165) is 30.3 Å². The van der Waals surface area contributed by atoms with Gasteiger partial charge in [-0.1, -0.05) is 31.5 Å². The third-order valence-electron chi connectivity index (χ3n) is 5.05. The second-order valence-electron chi connectivity index (χ2n) is 7.24.